The number of carboxylic acids is 1. The van der Waals surface area contributed by atoms with Gasteiger partial charge in [-0.1, -0.05) is 0 Å². The van der Waals surface area contributed by atoms with E-state index in [-0.39, 0.29) is 45.5 Å². The van der Waals surface area contributed by atoms with Crippen LogP contribution in [0.4, 0.5) is 0 Å². The Hall–Kier alpha value is 0.156. The van der Waals surface area contributed by atoms with Gasteiger partial charge < -0.3 is 18.2 Å². The van der Waals surface area contributed by atoms with Crippen LogP contribution in [-0.4, -0.2) is 57.6 Å². The van der Waals surface area contributed by atoms with Crippen molar-refractivity contribution in [3.8, 4) is 0 Å². The molecule has 0 rings (SSSR count). The number of aliphatic hydroxyl groups excluding tert-OH is 2. The Bertz CT molecular complexity index is 99.4. The summed E-state index contributed by atoms with van der Waals surface area (Å²) in [6.45, 7) is -0.550. The average Bonchev–Trinajstić information content (AvgIpc) is 1.82. The Kier molecular flexibility index (Phi) is 9.30. The number of aliphatic carboxylic acids is 1. The van der Waals surface area contributed by atoms with Crippen molar-refractivity contribution in [1.29, 1.82) is 0 Å². The van der Waals surface area contributed by atoms with Crippen molar-refractivity contribution in [2.45, 2.75) is 6.42 Å². The Morgan fingerprint density at radius 3 is 1.90 bits per heavy atom. The summed E-state index contributed by atoms with van der Waals surface area (Å²) in [7, 11) is 0. The molecule has 0 bridgehead atoms. The first-order chi connectivity index (χ1) is 4.20. The molecule has 0 unspecified atom stereocenters. The summed E-state index contributed by atoms with van der Waals surface area (Å²) >= 11 is 0. The molecule has 0 aliphatic heterocycles. The summed E-state index contributed by atoms with van der Waals surface area (Å²) in [5.41, 5.74) is 0. The maximum atomic E-state index is 9.91. The van der Waals surface area contributed by atoms with E-state index in [1.807, 2.05) is 0 Å². The van der Waals surface area contributed by atoms with Crippen LogP contribution in [0.2, 0.25) is 0 Å². The molecule has 5 heteroatoms. The van der Waals surface area contributed by atoms with Crippen LogP contribution in [0.5, 0.6) is 0 Å². The van der Waals surface area contributed by atoms with E-state index >= 15 is 0 Å². The molecule has 0 saturated carbocycles. The van der Waals surface area contributed by atoms with E-state index in [1.54, 1.807) is 0 Å². The van der Waals surface area contributed by atoms with Gasteiger partial charge in [0.2, 0.25) is 0 Å². The second kappa shape index (κ2) is 7.27. The Morgan fingerprint density at radius 1 is 1.40 bits per heavy atom. The molecule has 0 fully saturated rings. The molecule has 0 amide bonds. The van der Waals surface area contributed by atoms with Crippen LogP contribution in [0, 0.1) is 5.92 Å². The van der Waals surface area contributed by atoms with E-state index in [1.165, 1.54) is 0 Å². The number of rotatable bonds is 4. The number of carboxylic acid groups (broad SMARTS) is 1. The second-order valence-electron chi connectivity index (χ2n) is 1.83. The quantitative estimate of drug-likeness (QED) is 0.457. The summed E-state index contributed by atoms with van der Waals surface area (Å²) < 4.78 is 0. The molecule has 0 aromatic heterocycles. The first kappa shape index (κ1) is 12.8. The minimum atomic E-state index is -0.997. The van der Waals surface area contributed by atoms with Gasteiger partial charge in [0.15, 0.2) is 0 Å². The summed E-state index contributed by atoms with van der Waals surface area (Å²) in [5.74, 6) is -1.51. The predicted octanol–water partition coefficient (Wildman–Crippen LogP) is -1.09. The van der Waals surface area contributed by atoms with Crippen LogP contribution >= 0.6 is 0 Å². The van der Waals surface area contributed by atoms with Crippen molar-refractivity contribution < 1.29 is 23.0 Å². The van der Waals surface area contributed by atoms with E-state index in [4.69, 9.17) is 15.3 Å². The molecule has 0 heterocycles. The van der Waals surface area contributed by atoms with Crippen LogP contribution in [0.25, 0.3) is 0 Å². The third-order valence-electron chi connectivity index (χ3n) is 0.980. The summed E-state index contributed by atoms with van der Waals surface area (Å²) in [4.78, 5) is 9.91. The van der Waals surface area contributed by atoms with E-state index in [9.17, 15) is 4.79 Å². The first-order valence-corrected chi connectivity index (χ1v) is 2.64. The molecule has 58 valence electrons. The van der Waals surface area contributed by atoms with Crippen LogP contribution in [0.15, 0.2) is 0 Å². The minimum absolute atomic E-state index is 0. The van der Waals surface area contributed by atoms with Crippen molar-refractivity contribution in [2.75, 3.05) is 13.2 Å². The maximum absolute atomic E-state index is 9.91. The molecule has 0 radical (unpaired) electrons. The molecule has 0 aliphatic rings. The molecule has 3 N–H and O–H groups in total. The van der Waals surface area contributed by atoms with Crippen molar-refractivity contribution >= 4 is 29.0 Å². The molecule has 0 aromatic rings. The van der Waals surface area contributed by atoms with Gasteiger partial charge in [0.1, 0.15) is 0 Å². The average molecular weight is 160 g/mol. The normalized spacial score (nSPS) is 9.10. The van der Waals surface area contributed by atoms with Crippen molar-refractivity contribution in [3.05, 3.63) is 0 Å². The van der Waals surface area contributed by atoms with Gasteiger partial charge >= 0.3 is 29.0 Å². The second-order valence-corrected chi connectivity index (χ2v) is 1.83. The first-order valence-electron chi connectivity index (χ1n) is 2.64. The van der Waals surface area contributed by atoms with Crippen LogP contribution in [0.1, 0.15) is 9.27 Å². The molecule has 0 aromatic carbocycles. The molecular formula is C5H12MgO4. The van der Waals surface area contributed by atoms with E-state index in [0.29, 0.717) is 0 Å². The zero-order valence-electron chi connectivity index (χ0n) is 7.66. The zero-order valence-corrected chi connectivity index (χ0v) is 7.07. The molecule has 0 atom stereocenters. The SMILES string of the molecule is O=C(O)CC(CO)CO.[H-].[H-].[Mg+2]. The largest absolute Gasteiger partial charge is 2.00 e. The fourth-order valence-corrected chi connectivity index (χ4v) is 0.434. The Balaban J connectivity index is -0.000000107. The zero-order chi connectivity index (χ0) is 7.28. The van der Waals surface area contributed by atoms with Crippen LogP contribution in [-0.2, 0) is 4.79 Å². The van der Waals surface area contributed by atoms with Crippen LogP contribution < -0.4 is 0 Å². The molecule has 0 aliphatic carbocycles. The molecule has 0 saturated heterocycles. The Morgan fingerprint density at radius 2 is 1.80 bits per heavy atom. The third kappa shape index (κ3) is 6.28. The van der Waals surface area contributed by atoms with Crippen molar-refractivity contribution in [2.24, 2.45) is 5.92 Å². The monoisotopic (exact) mass is 160 g/mol. The third-order valence-corrected chi connectivity index (χ3v) is 0.980. The minimum Gasteiger partial charge on any atom is -1.00 e. The van der Waals surface area contributed by atoms with Gasteiger partial charge in [-0.25, -0.2) is 0 Å². The maximum Gasteiger partial charge on any atom is 2.00 e. The van der Waals surface area contributed by atoms with Gasteiger partial charge in [0.05, 0.1) is 6.42 Å². The van der Waals surface area contributed by atoms with Gasteiger partial charge in [-0.2, -0.15) is 0 Å². The van der Waals surface area contributed by atoms with Gasteiger partial charge in [-0.05, 0) is 0 Å². The summed E-state index contributed by atoms with van der Waals surface area (Å²) in [5, 5.41) is 24.8. The molecule has 10 heavy (non-hydrogen) atoms. The van der Waals surface area contributed by atoms with Crippen LogP contribution in [0.3, 0.4) is 0 Å². The van der Waals surface area contributed by atoms with Crippen molar-refractivity contribution in [3.63, 3.8) is 0 Å². The number of hydrogen-bond acceptors (Lipinski definition) is 3. The number of hydrogen-bond donors (Lipinski definition) is 3. The Labute approximate surface area is 78.0 Å². The topological polar surface area (TPSA) is 77.8 Å². The number of aliphatic hydroxyl groups is 2. The standard InChI is InChI=1S/C5H10O4.Mg.2H/c6-2-4(3-7)1-5(8)9;;;/h4,6-7H,1-3H2,(H,8,9);;;/q;+2;2*-1. The van der Waals surface area contributed by atoms with E-state index < -0.39 is 11.9 Å². The molecule has 0 spiro atoms. The van der Waals surface area contributed by atoms with Gasteiger partial charge in [-0.15, -0.1) is 0 Å². The van der Waals surface area contributed by atoms with Gasteiger partial charge in [0.25, 0.3) is 0 Å². The number of carbonyl (C=O) groups is 1. The summed E-state index contributed by atoms with van der Waals surface area (Å²) in [6, 6.07) is 0. The molecule has 4 nitrogen and oxygen atoms in total. The van der Waals surface area contributed by atoms with Gasteiger partial charge in [0, 0.05) is 19.1 Å². The van der Waals surface area contributed by atoms with Crippen molar-refractivity contribution in [1.82, 2.24) is 0 Å². The fraction of sp³-hybridized carbons (Fsp3) is 0.800. The smallest absolute Gasteiger partial charge is 1.00 e. The predicted molar refractivity (Wildman–Crippen MR) is 37.9 cm³/mol. The van der Waals surface area contributed by atoms with E-state index in [0.717, 1.165) is 0 Å². The van der Waals surface area contributed by atoms with E-state index in [2.05, 4.69) is 0 Å². The van der Waals surface area contributed by atoms with Gasteiger partial charge in [-0.3, -0.25) is 4.79 Å². The molecular weight excluding hydrogens is 148 g/mol. The fourth-order valence-electron chi connectivity index (χ4n) is 0.434. The summed E-state index contributed by atoms with van der Waals surface area (Å²) in [6.07, 6.45) is -0.174.